The third kappa shape index (κ3) is 3.40. The molecule has 0 unspecified atom stereocenters. The molecule has 4 aromatic rings. The Kier molecular flexibility index (Phi) is 6.09. The third-order valence-electron chi connectivity index (χ3n) is 7.44. The van der Waals surface area contributed by atoms with Gasteiger partial charge in [-0.2, -0.15) is 0 Å². The van der Waals surface area contributed by atoms with Crippen LogP contribution in [0.2, 0.25) is 6.04 Å². The van der Waals surface area contributed by atoms with Crippen LogP contribution in [0.3, 0.4) is 0 Å². The summed E-state index contributed by atoms with van der Waals surface area (Å²) in [6, 6.07) is 44.4. The van der Waals surface area contributed by atoms with E-state index in [-0.39, 0.29) is 0 Å². The molecular formula is C31H30OSi2. The van der Waals surface area contributed by atoms with Crippen LogP contribution < -0.4 is 10.4 Å². The Balaban J connectivity index is 1.87. The van der Waals surface area contributed by atoms with Crippen molar-refractivity contribution in [3.8, 4) is 0 Å². The van der Waals surface area contributed by atoms with E-state index in [1.54, 1.807) is 0 Å². The van der Waals surface area contributed by atoms with Gasteiger partial charge in [-0.1, -0.05) is 133 Å². The summed E-state index contributed by atoms with van der Waals surface area (Å²) in [5.74, 6) is 0. The smallest absolute Gasteiger partial charge is 0.251 e. The van der Waals surface area contributed by atoms with Crippen LogP contribution in [0.4, 0.5) is 0 Å². The van der Waals surface area contributed by atoms with Crippen LogP contribution >= 0.6 is 0 Å². The van der Waals surface area contributed by atoms with Crippen LogP contribution in [0.15, 0.2) is 146 Å². The topological polar surface area (TPSA) is 9.23 Å². The van der Waals surface area contributed by atoms with Crippen molar-refractivity contribution < 1.29 is 4.43 Å². The molecule has 1 heterocycles. The zero-order valence-corrected chi connectivity index (χ0v) is 21.4. The third-order valence-corrected chi connectivity index (χ3v) is 22.2. The van der Waals surface area contributed by atoms with Crippen molar-refractivity contribution in [2.24, 2.45) is 0 Å². The molecule has 1 saturated heterocycles. The average Bonchev–Trinajstić information content (AvgIpc) is 2.94. The molecule has 0 radical (unpaired) electrons. The predicted molar refractivity (Wildman–Crippen MR) is 148 cm³/mol. The molecule has 0 aliphatic carbocycles. The standard InChI is InChI=1S/C31H30OSi2/c1-3-33(4-2)26-25-31(27-17-9-5-10-18-27,28-19-11-6-12-20-28)32-34(33,29-21-13-7-14-22-29)30-23-15-8-16-24-30/h3-24H,1-2,25-26H2. The van der Waals surface area contributed by atoms with E-state index in [1.807, 2.05) is 0 Å². The van der Waals surface area contributed by atoms with Crippen molar-refractivity contribution in [1.82, 2.24) is 0 Å². The van der Waals surface area contributed by atoms with E-state index in [2.05, 4.69) is 146 Å². The first-order valence-electron chi connectivity index (χ1n) is 11.9. The van der Waals surface area contributed by atoms with Crippen LogP contribution in [0.25, 0.3) is 0 Å². The Hall–Kier alpha value is -3.25. The maximum absolute atomic E-state index is 7.86. The Bertz CT molecular complexity index is 1170. The molecule has 168 valence electrons. The minimum atomic E-state index is -2.81. The predicted octanol–water partition coefficient (Wildman–Crippen LogP) is 6.09. The van der Waals surface area contributed by atoms with Gasteiger partial charge in [-0.05, 0) is 34.0 Å². The Labute approximate surface area is 205 Å². The lowest BCUT2D eigenvalue weighted by atomic mass is 9.84. The lowest BCUT2D eigenvalue weighted by Gasteiger charge is -2.55. The van der Waals surface area contributed by atoms with E-state index in [1.165, 1.54) is 21.5 Å². The first kappa shape index (κ1) is 22.5. The highest BCUT2D eigenvalue weighted by molar-refractivity contribution is 7.52. The van der Waals surface area contributed by atoms with Gasteiger partial charge >= 0.3 is 0 Å². The van der Waals surface area contributed by atoms with Crippen molar-refractivity contribution in [1.29, 1.82) is 0 Å². The summed E-state index contributed by atoms with van der Waals surface area (Å²) < 4.78 is 7.86. The summed E-state index contributed by atoms with van der Waals surface area (Å²) in [5, 5.41) is 2.59. The fourth-order valence-corrected chi connectivity index (χ4v) is 20.5. The molecule has 4 aromatic carbocycles. The van der Waals surface area contributed by atoms with E-state index in [0.717, 1.165) is 12.5 Å². The number of benzene rings is 4. The highest BCUT2D eigenvalue weighted by Gasteiger charge is 2.63. The van der Waals surface area contributed by atoms with Gasteiger partial charge in [0.1, 0.15) is 13.2 Å². The molecule has 5 rings (SSSR count). The molecular weight excluding hydrogens is 445 g/mol. The van der Waals surface area contributed by atoms with Gasteiger partial charge in [-0.15, -0.1) is 13.2 Å². The zero-order valence-electron chi connectivity index (χ0n) is 19.4. The minimum absolute atomic E-state index is 0.539. The molecule has 34 heavy (non-hydrogen) atoms. The SMILES string of the molecule is C=C[Si]1(C=C)CCC(c2ccccc2)(c2ccccc2)O[Si]1(c1ccccc1)c1ccccc1. The molecule has 0 atom stereocenters. The summed E-state index contributed by atoms with van der Waals surface area (Å²) in [6.07, 6.45) is 0.902. The van der Waals surface area contributed by atoms with Crippen LogP contribution in [0, 0.1) is 0 Å². The Morgan fingerprint density at radius 1 is 0.588 bits per heavy atom. The molecule has 0 N–H and O–H groups in total. The van der Waals surface area contributed by atoms with Gasteiger partial charge in [0.15, 0.2) is 0 Å². The van der Waals surface area contributed by atoms with E-state index in [4.69, 9.17) is 4.43 Å². The van der Waals surface area contributed by atoms with E-state index < -0.39 is 21.0 Å². The lowest BCUT2D eigenvalue weighted by molar-refractivity contribution is 0.0989. The number of hydrogen-bond acceptors (Lipinski definition) is 1. The zero-order chi connectivity index (χ0) is 23.5. The lowest BCUT2D eigenvalue weighted by Crippen LogP contribution is -2.81. The molecule has 1 nitrogen and oxygen atoms in total. The molecule has 0 spiro atoms. The van der Waals surface area contributed by atoms with Gasteiger partial charge in [0.2, 0.25) is 0 Å². The van der Waals surface area contributed by atoms with Crippen molar-refractivity contribution in [2.45, 2.75) is 18.1 Å². The summed E-state index contributed by atoms with van der Waals surface area (Å²) in [4.78, 5) is 0. The second-order valence-electron chi connectivity index (χ2n) is 9.02. The number of rotatable bonds is 6. The monoisotopic (exact) mass is 474 g/mol. The number of hydrogen-bond donors (Lipinski definition) is 0. The van der Waals surface area contributed by atoms with Gasteiger partial charge in [0.25, 0.3) is 7.83 Å². The summed E-state index contributed by atoms with van der Waals surface area (Å²) >= 11 is 0. The van der Waals surface area contributed by atoms with Gasteiger partial charge in [-0.3, -0.25) is 0 Å². The maximum atomic E-state index is 7.86. The van der Waals surface area contributed by atoms with Crippen LogP contribution in [0.5, 0.6) is 0 Å². The summed E-state index contributed by atoms with van der Waals surface area (Å²) in [6.45, 7) is 8.82. The van der Waals surface area contributed by atoms with Gasteiger partial charge in [0.05, 0.1) is 0 Å². The molecule has 1 fully saturated rings. The van der Waals surface area contributed by atoms with Crippen LogP contribution in [-0.2, 0) is 10.0 Å². The summed E-state index contributed by atoms with van der Waals surface area (Å²) in [7, 11) is -5.11. The average molecular weight is 475 g/mol. The first-order chi connectivity index (χ1) is 16.7. The second-order valence-corrected chi connectivity index (χ2v) is 20.0. The molecule has 3 heteroatoms. The van der Waals surface area contributed by atoms with Gasteiger partial charge < -0.3 is 4.43 Å². The Morgan fingerprint density at radius 3 is 1.35 bits per heavy atom. The second kappa shape index (κ2) is 9.18. The molecule has 0 amide bonds. The van der Waals surface area contributed by atoms with Crippen molar-refractivity contribution in [3.05, 3.63) is 157 Å². The van der Waals surface area contributed by atoms with E-state index in [9.17, 15) is 0 Å². The highest BCUT2D eigenvalue weighted by Crippen LogP contribution is 2.48. The molecule has 0 saturated carbocycles. The van der Waals surface area contributed by atoms with Crippen LogP contribution in [0.1, 0.15) is 17.5 Å². The van der Waals surface area contributed by atoms with Crippen molar-refractivity contribution in [2.75, 3.05) is 0 Å². The highest BCUT2D eigenvalue weighted by atomic mass is 29.3. The maximum Gasteiger partial charge on any atom is 0.251 e. The fraction of sp³-hybridized carbons (Fsp3) is 0.0968. The van der Waals surface area contributed by atoms with Crippen LogP contribution in [-0.4, -0.2) is 15.4 Å². The first-order valence-corrected chi connectivity index (χ1v) is 17.2. The van der Waals surface area contributed by atoms with Gasteiger partial charge in [-0.25, -0.2) is 0 Å². The molecule has 1 aliphatic heterocycles. The fourth-order valence-electron chi connectivity index (χ4n) is 5.70. The minimum Gasteiger partial charge on any atom is -0.396 e. The largest absolute Gasteiger partial charge is 0.396 e. The molecule has 0 aromatic heterocycles. The molecule has 1 aliphatic rings. The van der Waals surface area contributed by atoms with Crippen molar-refractivity contribution in [3.63, 3.8) is 0 Å². The summed E-state index contributed by atoms with van der Waals surface area (Å²) in [5.41, 5.74) is 6.36. The molecule has 0 bridgehead atoms. The Morgan fingerprint density at radius 2 is 0.971 bits per heavy atom. The van der Waals surface area contributed by atoms with Gasteiger partial charge in [0, 0.05) is 0 Å². The van der Waals surface area contributed by atoms with Crippen molar-refractivity contribution >= 4 is 25.8 Å². The van der Waals surface area contributed by atoms with E-state index >= 15 is 0 Å². The van der Waals surface area contributed by atoms with E-state index in [0.29, 0.717) is 0 Å². The normalized spacial score (nSPS) is 18.0. The quantitative estimate of drug-likeness (QED) is 0.307.